The molecule has 2 aliphatic carbocycles. The first-order chi connectivity index (χ1) is 11.2. The maximum atomic E-state index is 13.0. The van der Waals surface area contributed by atoms with E-state index in [1.54, 1.807) is 14.2 Å². The Bertz CT molecular complexity index is 813. The molecule has 118 valence electrons. The van der Waals surface area contributed by atoms with Crippen molar-refractivity contribution in [2.24, 2.45) is 5.92 Å². The summed E-state index contributed by atoms with van der Waals surface area (Å²) in [5.41, 5.74) is 4.42. The third kappa shape index (κ3) is 2.04. The molecule has 2 aliphatic rings. The number of carbonyl (C=O) groups is 1. The minimum Gasteiger partial charge on any atom is -0.495 e. The van der Waals surface area contributed by atoms with Gasteiger partial charge in [-0.05, 0) is 57.4 Å². The lowest BCUT2D eigenvalue weighted by Crippen LogP contribution is -2.23. The number of methoxy groups -OCH3 is 2. The van der Waals surface area contributed by atoms with Gasteiger partial charge in [0, 0.05) is 5.92 Å². The van der Waals surface area contributed by atoms with E-state index < -0.39 is 0 Å². The second-order valence-electron chi connectivity index (χ2n) is 6.14. The lowest BCUT2D eigenvalue weighted by molar-refractivity contribution is 0.0915. The van der Waals surface area contributed by atoms with Crippen molar-refractivity contribution in [3.05, 3.63) is 57.1 Å². The molecule has 0 saturated heterocycles. The molecule has 0 unspecified atom stereocenters. The Morgan fingerprint density at radius 3 is 2.30 bits per heavy atom. The molecule has 0 fully saturated rings. The molecular formula is C19H17BrO3. The van der Waals surface area contributed by atoms with Gasteiger partial charge in [-0.25, -0.2) is 0 Å². The summed E-state index contributed by atoms with van der Waals surface area (Å²) in [4.78, 5) is 13.0. The molecule has 0 bridgehead atoms. The van der Waals surface area contributed by atoms with Crippen LogP contribution in [-0.2, 0) is 12.8 Å². The highest BCUT2D eigenvalue weighted by atomic mass is 79.9. The van der Waals surface area contributed by atoms with E-state index in [0.717, 1.165) is 24.0 Å². The van der Waals surface area contributed by atoms with Crippen molar-refractivity contribution in [1.82, 2.24) is 0 Å². The fourth-order valence-electron chi connectivity index (χ4n) is 4.02. The average Bonchev–Trinajstić information content (AvgIpc) is 2.84. The number of ether oxygens (including phenoxy) is 2. The zero-order valence-corrected chi connectivity index (χ0v) is 14.6. The van der Waals surface area contributed by atoms with Gasteiger partial charge in [-0.2, -0.15) is 0 Å². The number of halogens is 1. The molecule has 4 heteroatoms. The van der Waals surface area contributed by atoms with Crippen LogP contribution in [-0.4, -0.2) is 20.0 Å². The van der Waals surface area contributed by atoms with E-state index in [4.69, 9.17) is 9.47 Å². The molecule has 2 aromatic rings. The van der Waals surface area contributed by atoms with Gasteiger partial charge in [0.25, 0.3) is 0 Å². The Labute approximate surface area is 143 Å². The summed E-state index contributed by atoms with van der Waals surface area (Å²) in [6.07, 6.45) is 1.70. The van der Waals surface area contributed by atoms with Crippen LogP contribution in [0.1, 0.15) is 33.0 Å². The highest BCUT2D eigenvalue weighted by Crippen LogP contribution is 2.52. The standard InChI is InChI=1S/C19H17BrO3/c1-22-15-9-13-12-7-10-5-3-4-6-11(10)8-14(12)18(21)16(13)19(23-2)17(15)20/h3-6,9,12,14H,7-8H2,1-2H3/t12-,14-/m0/s1. The number of benzene rings is 2. The van der Waals surface area contributed by atoms with Gasteiger partial charge in [-0.3, -0.25) is 4.79 Å². The first-order valence-electron chi connectivity index (χ1n) is 7.71. The Kier molecular flexibility index (Phi) is 3.45. The minimum atomic E-state index is 0.00723. The van der Waals surface area contributed by atoms with Crippen LogP contribution in [0.4, 0.5) is 0 Å². The average molecular weight is 373 g/mol. The summed E-state index contributed by atoms with van der Waals surface area (Å²) in [6, 6.07) is 10.4. The van der Waals surface area contributed by atoms with Crippen LogP contribution in [0.5, 0.6) is 11.5 Å². The highest BCUT2D eigenvalue weighted by Gasteiger charge is 2.45. The van der Waals surface area contributed by atoms with E-state index in [1.165, 1.54) is 11.1 Å². The van der Waals surface area contributed by atoms with Crippen molar-refractivity contribution in [3.8, 4) is 11.5 Å². The first-order valence-corrected chi connectivity index (χ1v) is 8.50. The van der Waals surface area contributed by atoms with Crippen molar-refractivity contribution in [1.29, 1.82) is 0 Å². The third-order valence-electron chi connectivity index (χ3n) is 5.11. The van der Waals surface area contributed by atoms with Crippen LogP contribution in [0.2, 0.25) is 0 Å². The van der Waals surface area contributed by atoms with Gasteiger partial charge in [0.1, 0.15) is 16.0 Å². The number of Topliss-reactive ketones (excluding diaryl/α,β-unsaturated/α-hetero) is 1. The maximum absolute atomic E-state index is 13.0. The summed E-state index contributed by atoms with van der Waals surface area (Å²) in [6.45, 7) is 0. The molecule has 3 nitrogen and oxygen atoms in total. The van der Waals surface area contributed by atoms with E-state index in [0.29, 0.717) is 16.0 Å². The first kappa shape index (κ1) is 14.8. The largest absolute Gasteiger partial charge is 0.495 e. The van der Waals surface area contributed by atoms with Crippen LogP contribution < -0.4 is 9.47 Å². The Hall–Kier alpha value is -1.81. The smallest absolute Gasteiger partial charge is 0.170 e. The molecule has 0 N–H and O–H groups in total. The van der Waals surface area contributed by atoms with Gasteiger partial charge in [0.15, 0.2) is 5.78 Å². The van der Waals surface area contributed by atoms with Crippen molar-refractivity contribution in [2.45, 2.75) is 18.8 Å². The van der Waals surface area contributed by atoms with E-state index in [9.17, 15) is 4.79 Å². The van der Waals surface area contributed by atoms with Gasteiger partial charge >= 0.3 is 0 Å². The highest BCUT2D eigenvalue weighted by molar-refractivity contribution is 9.10. The summed E-state index contributed by atoms with van der Waals surface area (Å²) in [5.74, 6) is 1.73. The number of hydrogen-bond donors (Lipinski definition) is 0. The lowest BCUT2D eigenvalue weighted by atomic mass is 9.76. The van der Waals surface area contributed by atoms with E-state index >= 15 is 0 Å². The minimum absolute atomic E-state index is 0.00723. The van der Waals surface area contributed by atoms with E-state index in [1.807, 2.05) is 12.1 Å². The molecule has 2 aromatic carbocycles. The molecular weight excluding hydrogens is 356 g/mol. The van der Waals surface area contributed by atoms with E-state index in [2.05, 4.69) is 34.1 Å². The number of hydrogen-bond acceptors (Lipinski definition) is 3. The predicted molar refractivity (Wildman–Crippen MR) is 91.7 cm³/mol. The van der Waals surface area contributed by atoms with Gasteiger partial charge in [0.2, 0.25) is 0 Å². The molecule has 0 aromatic heterocycles. The Balaban J connectivity index is 1.90. The Morgan fingerprint density at radius 1 is 1.04 bits per heavy atom. The monoisotopic (exact) mass is 372 g/mol. The van der Waals surface area contributed by atoms with Crippen molar-refractivity contribution in [3.63, 3.8) is 0 Å². The molecule has 0 aliphatic heterocycles. The molecule has 0 heterocycles. The predicted octanol–water partition coefficient (Wildman–Crippen LogP) is 4.16. The van der Waals surface area contributed by atoms with Gasteiger partial charge < -0.3 is 9.47 Å². The number of ketones is 1. The number of fused-ring (bicyclic) bond motifs is 4. The van der Waals surface area contributed by atoms with Crippen LogP contribution in [0, 0.1) is 5.92 Å². The molecule has 0 spiro atoms. The van der Waals surface area contributed by atoms with Crippen LogP contribution in [0.3, 0.4) is 0 Å². The molecule has 23 heavy (non-hydrogen) atoms. The fraction of sp³-hybridized carbons (Fsp3) is 0.316. The van der Waals surface area contributed by atoms with Gasteiger partial charge in [0.05, 0.1) is 19.8 Å². The van der Waals surface area contributed by atoms with Crippen LogP contribution in [0.15, 0.2) is 34.8 Å². The zero-order chi connectivity index (χ0) is 16.1. The second kappa shape index (κ2) is 5.38. The van der Waals surface area contributed by atoms with Gasteiger partial charge in [-0.15, -0.1) is 0 Å². The summed E-state index contributed by atoms with van der Waals surface area (Å²) < 4.78 is 11.7. The summed E-state index contributed by atoms with van der Waals surface area (Å²) in [7, 11) is 3.24. The second-order valence-corrected chi connectivity index (χ2v) is 6.94. The summed E-state index contributed by atoms with van der Waals surface area (Å²) in [5, 5.41) is 0. The molecule has 0 amide bonds. The SMILES string of the molecule is COc1cc2c(c(OC)c1Br)C(=O)[C@H]1Cc3ccccc3C[C@@H]21. The Morgan fingerprint density at radius 2 is 1.70 bits per heavy atom. The van der Waals surface area contributed by atoms with Gasteiger partial charge in [-0.1, -0.05) is 24.3 Å². The van der Waals surface area contributed by atoms with Crippen LogP contribution >= 0.6 is 15.9 Å². The third-order valence-corrected chi connectivity index (χ3v) is 5.86. The molecule has 0 radical (unpaired) electrons. The molecule has 0 saturated carbocycles. The van der Waals surface area contributed by atoms with Crippen molar-refractivity contribution < 1.29 is 14.3 Å². The van der Waals surface area contributed by atoms with E-state index in [-0.39, 0.29) is 17.6 Å². The topological polar surface area (TPSA) is 35.5 Å². The maximum Gasteiger partial charge on any atom is 0.170 e. The fourth-order valence-corrected chi connectivity index (χ4v) is 4.65. The van der Waals surface area contributed by atoms with Crippen LogP contribution in [0.25, 0.3) is 0 Å². The number of rotatable bonds is 2. The normalized spacial score (nSPS) is 21.4. The molecule has 4 rings (SSSR count). The zero-order valence-electron chi connectivity index (χ0n) is 13.1. The summed E-state index contributed by atoms with van der Waals surface area (Å²) >= 11 is 3.51. The lowest BCUT2D eigenvalue weighted by Gasteiger charge is -2.27. The van der Waals surface area contributed by atoms with Crippen molar-refractivity contribution in [2.75, 3.05) is 14.2 Å². The van der Waals surface area contributed by atoms with Crippen molar-refractivity contribution >= 4 is 21.7 Å². The number of carbonyl (C=O) groups excluding carboxylic acids is 1. The quantitative estimate of drug-likeness (QED) is 0.793. The molecule has 2 atom stereocenters.